The predicted octanol–water partition coefficient (Wildman–Crippen LogP) is -2.11. The van der Waals surface area contributed by atoms with Crippen LogP contribution in [0.3, 0.4) is 0 Å². The molecule has 0 aromatic heterocycles. The topological polar surface area (TPSA) is 144 Å². The molecule has 0 aliphatic heterocycles. The van der Waals surface area contributed by atoms with Crippen molar-refractivity contribution in [1.29, 1.82) is 0 Å². The van der Waals surface area contributed by atoms with Crippen molar-refractivity contribution in [3.05, 3.63) is 22.3 Å². The fourth-order valence-electron chi connectivity index (χ4n) is 3.35. The van der Waals surface area contributed by atoms with E-state index in [1.807, 2.05) is 0 Å². The summed E-state index contributed by atoms with van der Waals surface area (Å²) in [5, 5.41) is 58.7. The van der Waals surface area contributed by atoms with E-state index in [-0.39, 0.29) is 11.8 Å². The molecule has 2 aliphatic carbocycles. The molecule has 0 unspecified atom stereocenters. The van der Waals surface area contributed by atoms with Gasteiger partial charge in [0.05, 0.1) is 18.6 Å². The fraction of sp³-hybridized carbons (Fsp3) is 0.833. The zero-order valence-corrected chi connectivity index (χ0v) is 10.7. The maximum absolute atomic E-state index is 11.1. The molecule has 0 heterocycles. The number of allylic oxidation sites excluding steroid dienone is 1. The van der Waals surface area contributed by atoms with Crippen molar-refractivity contribution in [2.75, 3.05) is 6.61 Å². The molecule has 0 radical (unpaired) electrons. The molecule has 0 aromatic rings. The lowest BCUT2D eigenvalue weighted by Crippen LogP contribution is -2.52. The van der Waals surface area contributed by atoms with Crippen molar-refractivity contribution in [2.45, 2.75) is 36.9 Å². The molecule has 114 valence electrons. The highest BCUT2D eigenvalue weighted by molar-refractivity contribution is 5.16. The molecule has 0 aromatic carbocycles. The van der Waals surface area contributed by atoms with Crippen LogP contribution in [-0.2, 0) is 0 Å². The first-order chi connectivity index (χ1) is 9.38. The Labute approximate surface area is 115 Å². The molecule has 2 aliphatic rings. The van der Waals surface area contributed by atoms with E-state index in [0.29, 0.717) is 6.42 Å². The van der Waals surface area contributed by atoms with Gasteiger partial charge in [0, 0.05) is 10.8 Å². The van der Waals surface area contributed by atoms with Gasteiger partial charge in [-0.15, -0.1) is 0 Å². The Kier molecular flexibility index (Phi) is 4.40. The lowest BCUT2D eigenvalue weighted by Gasteiger charge is -2.32. The van der Waals surface area contributed by atoms with Crippen molar-refractivity contribution in [1.82, 2.24) is 0 Å². The third kappa shape index (κ3) is 2.45. The lowest BCUT2D eigenvalue weighted by atomic mass is 9.81. The van der Waals surface area contributed by atoms with E-state index in [9.17, 15) is 30.5 Å². The Hall–Kier alpha value is -1.06. The molecule has 8 heteroatoms. The molecule has 0 spiro atoms. The monoisotopic (exact) mass is 289 g/mol. The summed E-state index contributed by atoms with van der Waals surface area (Å²) in [6.45, 7) is -0.778. The minimum absolute atomic E-state index is 0.224. The molecule has 5 N–H and O–H groups in total. The number of nitro groups is 1. The van der Waals surface area contributed by atoms with Crippen molar-refractivity contribution < 1.29 is 30.5 Å². The minimum Gasteiger partial charge on any atom is -0.394 e. The highest BCUT2D eigenvalue weighted by Gasteiger charge is 2.56. The van der Waals surface area contributed by atoms with Gasteiger partial charge in [0.25, 0.3) is 0 Å². The second-order valence-electron chi connectivity index (χ2n) is 5.52. The number of aliphatic hydroxyl groups is 5. The summed E-state index contributed by atoms with van der Waals surface area (Å²) in [6, 6.07) is -1.01. The van der Waals surface area contributed by atoms with E-state index in [0.717, 1.165) is 0 Å². The molecule has 0 amide bonds. The molecule has 8 nitrogen and oxygen atoms in total. The van der Waals surface area contributed by atoms with Crippen molar-refractivity contribution in [3.63, 3.8) is 0 Å². The van der Waals surface area contributed by atoms with E-state index in [1.54, 1.807) is 12.2 Å². The Morgan fingerprint density at radius 1 is 1.15 bits per heavy atom. The zero-order valence-electron chi connectivity index (χ0n) is 10.7. The van der Waals surface area contributed by atoms with Gasteiger partial charge in [-0.1, -0.05) is 12.2 Å². The van der Waals surface area contributed by atoms with Crippen molar-refractivity contribution in [3.8, 4) is 0 Å². The number of rotatable bonds is 6. The van der Waals surface area contributed by atoms with Crippen LogP contribution >= 0.6 is 0 Å². The molecule has 1 fully saturated rings. The van der Waals surface area contributed by atoms with Crippen LogP contribution in [0.2, 0.25) is 0 Å². The summed E-state index contributed by atoms with van der Waals surface area (Å²) in [7, 11) is 0. The second kappa shape index (κ2) is 5.74. The average molecular weight is 289 g/mol. The van der Waals surface area contributed by atoms with Crippen LogP contribution in [0.15, 0.2) is 12.2 Å². The van der Waals surface area contributed by atoms with E-state index in [1.165, 1.54) is 0 Å². The second-order valence-corrected chi connectivity index (χ2v) is 5.52. The molecule has 20 heavy (non-hydrogen) atoms. The number of hydrogen-bond donors (Lipinski definition) is 5. The molecule has 2 bridgehead atoms. The van der Waals surface area contributed by atoms with Gasteiger partial charge >= 0.3 is 0 Å². The van der Waals surface area contributed by atoms with Gasteiger partial charge in [-0.05, 0) is 12.3 Å². The van der Waals surface area contributed by atoms with Crippen LogP contribution in [0.5, 0.6) is 0 Å². The van der Waals surface area contributed by atoms with Gasteiger partial charge in [0.15, 0.2) is 0 Å². The molecular weight excluding hydrogens is 270 g/mol. The largest absolute Gasteiger partial charge is 0.394 e. The Balaban J connectivity index is 2.13. The number of nitrogens with zero attached hydrogens (tertiary/aromatic N) is 1. The quantitative estimate of drug-likeness (QED) is 0.214. The summed E-state index contributed by atoms with van der Waals surface area (Å²) >= 11 is 0. The van der Waals surface area contributed by atoms with Crippen LogP contribution in [-0.4, -0.2) is 67.5 Å². The summed E-state index contributed by atoms with van der Waals surface area (Å²) in [6.07, 6.45) is -2.60. The SMILES string of the molecule is O=[N+]([O-])[C@@H]1[C@@H]([C@@H](O)[C@@H](O)[C@H](O)[C@H](O)CO)[C@H]2C=C[C@@H]1C2. The molecule has 2 rings (SSSR count). The van der Waals surface area contributed by atoms with E-state index < -0.39 is 47.9 Å². The minimum atomic E-state index is -1.76. The van der Waals surface area contributed by atoms with Crippen LogP contribution in [0.1, 0.15) is 6.42 Å². The lowest BCUT2D eigenvalue weighted by molar-refractivity contribution is -0.538. The zero-order chi connectivity index (χ0) is 15.0. The summed E-state index contributed by atoms with van der Waals surface area (Å²) in [5.41, 5.74) is 0. The summed E-state index contributed by atoms with van der Waals surface area (Å²) in [4.78, 5) is 10.6. The standard InChI is InChI=1S/C12H19NO7/c14-4-7(15)10(16)12(18)11(17)8-5-1-2-6(3-5)9(8)13(19)20/h1-2,5-12,14-18H,3-4H2/t5-,6+,7+,8-,9-,10+,11+,12-/m0/s1. The number of aliphatic hydroxyl groups excluding tert-OH is 5. The Bertz CT molecular complexity index is 401. The summed E-state index contributed by atoms with van der Waals surface area (Å²) in [5.74, 6) is -1.31. The number of fused-ring (bicyclic) bond motifs is 2. The van der Waals surface area contributed by atoms with Crippen molar-refractivity contribution in [2.24, 2.45) is 17.8 Å². The van der Waals surface area contributed by atoms with E-state index in [4.69, 9.17) is 5.11 Å². The van der Waals surface area contributed by atoms with E-state index in [2.05, 4.69) is 0 Å². The van der Waals surface area contributed by atoms with Crippen LogP contribution in [0.25, 0.3) is 0 Å². The number of hydrogen-bond acceptors (Lipinski definition) is 7. The van der Waals surface area contributed by atoms with Crippen LogP contribution in [0, 0.1) is 27.9 Å². The van der Waals surface area contributed by atoms with Gasteiger partial charge in [-0.3, -0.25) is 10.1 Å². The third-order valence-corrected chi connectivity index (χ3v) is 4.40. The van der Waals surface area contributed by atoms with Gasteiger partial charge in [-0.2, -0.15) is 0 Å². The first kappa shape index (κ1) is 15.3. The fourth-order valence-corrected chi connectivity index (χ4v) is 3.35. The normalized spacial score (nSPS) is 37.6. The first-order valence-corrected chi connectivity index (χ1v) is 6.53. The third-order valence-electron chi connectivity index (χ3n) is 4.40. The highest BCUT2D eigenvalue weighted by Crippen LogP contribution is 2.47. The van der Waals surface area contributed by atoms with Gasteiger partial charge in [-0.25, -0.2) is 0 Å². The molecule has 0 saturated heterocycles. The maximum Gasteiger partial charge on any atom is 0.225 e. The molecular formula is C12H19NO7. The molecule has 8 atom stereocenters. The Morgan fingerprint density at radius 2 is 1.75 bits per heavy atom. The van der Waals surface area contributed by atoms with Crippen molar-refractivity contribution >= 4 is 0 Å². The smallest absolute Gasteiger partial charge is 0.225 e. The maximum atomic E-state index is 11.1. The first-order valence-electron chi connectivity index (χ1n) is 6.53. The Morgan fingerprint density at radius 3 is 2.30 bits per heavy atom. The highest BCUT2D eigenvalue weighted by atomic mass is 16.6. The van der Waals surface area contributed by atoms with Crippen LogP contribution in [0.4, 0.5) is 0 Å². The predicted molar refractivity (Wildman–Crippen MR) is 66.1 cm³/mol. The van der Waals surface area contributed by atoms with Gasteiger partial charge in [0.1, 0.15) is 18.3 Å². The van der Waals surface area contributed by atoms with E-state index >= 15 is 0 Å². The average Bonchev–Trinajstić information content (AvgIpc) is 3.04. The van der Waals surface area contributed by atoms with Gasteiger partial charge < -0.3 is 25.5 Å². The van der Waals surface area contributed by atoms with Crippen LogP contribution < -0.4 is 0 Å². The van der Waals surface area contributed by atoms with Gasteiger partial charge in [0.2, 0.25) is 6.04 Å². The summed E-state index contributed by atoms with van der Waals surface area (Å²) < 4.78 is 0. The molecule has 1 saturated carbocycles.